The van der Waals surface area contributed by atoms with Crippen LogP contribution < -0.4 is 9.80 Å². The monoisotopic (exact) mass is 700 g/mol. The summed E-state index contributed by atoms with van der Waals surface area (Å²) in [4.78, 5) is 12.6. The topological polar surface area (TPSA) is 131 Å². The van der Waals surface area contributed by atoms with Crippen LogP contribution in [0.3, 0.4) is 0 Å². The minimum Gasteiger partial charge on any atom is -0.378 e. The first-order valence-corrected chi connectivity index (χ1v) is 17.1. The minimum atomic E-state index is -0.619. The van der Waals surface area contributed by atoms with E-state index in [4.69, 9.17) is 0 Å². The molecule has 0 aliphatic carbocycles. The summed E-state index contributed by atoms with van der Waals surface area (Å²) in [5.74, 6) is 1.02. The smallest absolute Gasteiger partial charge is 0.206 e. The summed E-state index contributed by atoms with van der Waals surface area (Å²) in [6.45, 7) is 0. The SMILES string of the molecule is CN(C)c1ccc(C(N=Nc2ccc(Cc3ccc(N=NC(N=Nc4ccccn4)c4ccc(N(C)C)cc4)cc3)cc2)N=Nc2ccccn2)cc1. The molecule has 2 aromatic heterocycles. The van der Waals surface area contributed by atoms with Crippen molar-refractivity contribution in [3.63, 3.8) is 0 Å². The number of rotatable bonds is 14. The van der Waals surface area contributed by atoms with Crippen LogP contribution in [-0.4, -0.2) is 38.2 Å². The average Bonchev–Trinajstić information content (AvgIpc) is 3.20. The molecule has 0 saturated heterocycles. The maximum Gasteiger partial charge on any atom is 0.206 e. The van der Waals surface area contributed by atoms with Gasteiger partial charge in [-0.25, -0.2) is 9.97 Å². The summed E-state index contributed by atoms with van der Waals surface area (Å²) < 4.78 is 0. The molecule has 4 aromatic carbocycles. The molecule has 53 heavy (non-hydrogen) atoms. The van der Waals surface area contributed by atoms with Crippen LogP contribution in [0.25, 0.3) is 0 Å². The van der Waals surface area contributed by atoms with Gasteiger partial charge in [0.05, 0.1) is 11.4 Å². The van der Waals surface area contributed by atoms with Gasteiger partial charge in [0.1, 0.15) is 0 Å². The number of anilines is 2. The molecule has 12 heteroatoms. The van der Waals surface area contributed by atoms with E-state index in [-0.39, 0.29) is 0 Å². The number of hydrogen-bond donors (Lipinski definition) is 0. The van der Waals surface area contributed by atoms with Gasteiger partial charge >= 0.3 is 0 Å². The van der Waals surface area contributed by atoms with Crippen molar-refractivity contribution in [1.82, 2.24) is 9.97 Å². The van der Waals surface area contributed by atoms with Crippen LogP contribution in [0, 0.1) is 0 Å². The van der Waals surface area contributed by atoms with Crippen molar-refractivity contribution in [2.45, 2.75) is 18.8 Å². The number of aromatic nitrogens is 2. The van der Waals surface area contributed by atoms with Crippen molar-refractivity contribution in [1.29, 1.82) is 0 Å². The Bertz CT molecular complexity index is 1970. The molecule has 2 heterocycles. The lowest BCUT2D eigenvalue weighted by Gasteiger charge is -2.13. The molecule has 6 rings (SSSR count). The average molecular weight is 701 g/mol. The van der Waals surface area contributed by atoms with Gasteiger partial charge in [-0.2, -0.15) is 30.7 Å². The standard InChI is InChI=1S/C41H40N12/c1-52(2)36-23-15-32(16-24-36)40(50-46-38-9-5-7-27-42-38)48-44-34-19-11-30(12-20-34)29-31-13-21-35(22-14-31)45-49-41(51-47-39-10-6-8-28-43-39)33-17-25-37(26-18-33)53(3)4/h5-28,40-41H,29H2,1-4H3. The van der Waals surface area contributed by atoms with Crippen molar-refractivity contribution in [3.8, 4) is 0 Å². The van der Waals surface area contributed by atoms with Gasteiger partial charge in [-0.05, 0) is 90.3 Å². The largest absolute Gasteiger partial charge is 0.378 e. The maximum atomic E-state index is 4.55. The third kappa shape index (κ3) is 10.6. The Morgan fingerprint density at radius 3 is 1.15 bits per heavy atom. The molecule has 0 radical (unpaired) electrons. The Kier molecular flexibility index (Phi) is 12.2. The van der Waals surface area contributed by atoms with Gasteiger partial charge in [0, 0.05) is 63.1 Å². The highest BCUT2D eigenvalue weighted by atomic mass is 15.3. The van der Waals surface area contributed by atoms with E-state index in [9.17, 15) is 0 Å². The molecular weight excluding hydrogens is 661 g/mol. The number of nitrogens with zero attached hydrogens (tertiary/aromatic N) is 12. The highest BCUT2D eigenvalue weighted by Crippen LogP contribution is 2.28. The van der Waals surface area contributed by atoms with E-state index >= 15 is 0 Å². The zero-order chi connectivity index (χ0) is 36.8. The molecule has 0 aliphatic rings. The second-order valence-electron chi connectivity index (χ2n) is 12.5. The molecule has 264 valence electrons. The van der Waals surface area contributed by atoms with Gasteiger partial charge in [0.2, 0.25) is 12.3 Å². The van der Waals surface area contributed by atoms with E-state index in [1.165, 1.54) is 0 Å². The molecule has 2 unspecified atom stereocenters. The third-order valence-electron chi connectivity index (χ3n) is 8.10. The molecule has 0 aliphatic heterocycles. The zero-order valence-corrected chi connectivity index (χ0v) is 30.1. The molecular formula is C41H40N12. The van der Waals surface area contributed by atoms with E-state index in [1.807, 2.05) is 135 Å². The van der Waals surface area contributed by atoms with Crippen LogP contribution in [0.5, 0.6) is 0 Å². The van der Waals surface area contributed by atoms with E-state index in [2.05, 4.69) is 75.1 Å². The summed E-state index contributed by atoms with van der Waals surface area (Å²) in [5.41, 5.74) is 7.63. The van der Waals surface area contributed by atoms with Crippen molar-refractivity contribution < 1.29 is 0 Å². The fourth-order valence-corrected chi connectivity index (χ4v) is 5.09. The van der Waals surface area contributed by atoms with Gasteiger partial charge in [-0.3, -0.25) is 0 Å². The Hall–Kier alpha value is -6.82. The van der Waals surface area contributed by atoms with Crippen LogP contribution in [0.1, 0.15) is 34.6 Å². The van der Waals surface area contributed by atoms with E-state index in [0.717, 1.165) is 51.4 Å². The number of hydrogen-bond acceptors (Lipinski definition) is 12. The highest BCUT2D eigenvalue weighted by molar-refractivity contribution is 5.48. The lowest BCUT2D eigenvalue weighted by molar-refractivity contribution is 0.687. The highest BCUT2D eigenvalue weighted by Gasteiger charge is 2.12. The summed E-state index contributed by atoms with van der Waals surface area (Å²) in [7, 11) is 8.01. The second kappa shape index (κ2) is 17.9. The van der Waals surface area contributed by atoms with Crippen LogP contribution >= 0.6 is 0 Å². The number of benzene rings is 4. The predicted octanol–water partition coefficient (Wildman–Crippen LogP) is 11.3. The summed E-state index contributed by atoms with van der Waals surface area (Å²) in [6, 6.07) is 43.1. The second-order valence-corrected chi connectivity index (χ2v) is 12.5. The van der Waals surface area contributed by atoms with Crippen molar-refractivity contribution >= 4 is 34.4 Å². The summed E-state index contributed by atoms with van der Waals surface area (Å²) >= 11 is 0. The van der Waals surface area contributed by atoms with Gasteiger partial charge < -0.3 is 9.80 Å². The first-order valence-electron chi connectivity index (χ1n) is 17.1. The molecule has 0 spiro atoms. The van der Waals surface area contributed by atoms with Gasteiger partial charge in [0.15, 0.2) is 11.6 Å². The summed E-state index contributed by atoms with van der Waals surface area (Å²) in [6.07, 6.45) is 2.87. The van der Waals surface area contributed by atoms with Crippen LogP contribution in [0.4, 0.5) is 34.4 Å². The van der Waals surface area contributed by atoms with E-state index in [0.29, 0.717) is 11.6 Å². The third-order valence-corrected chi connectivity index (χ3v) is 8.10. The van der Waals surface area contributed by atoms with Crippen molar-refractivity contribution in [2.75, 3.05) is 38.0 Å². The molecule has 2 atom stereocenters. The number of pyridine rings is 2. The zero-order valence-electron chi connectivity index (χ0n) is 30.1. The van der Waals surface area contributed by atoms with Gasteiger partial charge in [-0.15, -0.1) is 10.2 Å². The van der Waals surface area contributed by atoms with Gasteiger partial charge in [0.25, 0.3) is 0 Å². The first-order chi connectivity index (χ1) is 25.9. The van der Waals surface area contributed by atoms with E-state index < -0.39 is 12.3 Å². The molecule has 0 fully saturated rings. The lowest BCUT2D eigenvalue weighted by atomic mass is 10.0. The molecule has 0 N–H and O–H groups in total. The quantitative estimate of drug-likeness (QED) is 0.105. The molecule has 0 saturated carbocycles. The molecule has 6 aromatic rings. The Labute approximate surface area is 309 Å². The summed E-state index contributed by atoms with van der Waals surface area (Å²) in [5, 5.41) is 35.7. The Morgan fingerprint density at radius 2 is 0.811 bits per heavy atom. The predicted molar refractivity (Wildman–Crippen MR) is 209 cm³/mol. The lowest BCUT2D eigenvalue weighted by Crippen LogP contribution is -2.08. The van der Waals surface area contributed by atoms with Crippen LogP contribution in [0.15, 0.2) is 187 Å². The van der Waals surface area contributed by atoms with Crippen LogP contribution in [-0.2, 0) is 6.42 Å². The fourth-order valence-electron chi connectivity index (χ4n) is 5.09. The van der Waals surface area contributed by atoms with Crippen molar-refractivity contribution in [3.05, 3.63) is 168 Å². The fraction of sp³-hybridized carbons (Fsp3) is 0.171. The first kappa shape index (κ1) is 36.0. The molecule has 0 bridgehead atoms. The van der Waals surface area contributed by atoms with Gasteiger partial charge in [-0.1, -0.05) is 60.7 Å². The maximum absolute atomic E-state index is 4.55. The molecule has 0 amide bonds. The van der Waals surface area contributed by atoms with E-state index in [1.54, 1.807) is 24.5 Å². The van der Waals surface area contributed by atoms with Crippen molar-refractivity contribution in [2.24, 2.45) is 40.9 Å². The normalized spacial score (nSPS) is 12.9. The Balaban J connectivity index is 1.11. The molecule has 12 nitrogen and oxygen atoms in total. The minimum absolute atomic E-state index is 0.510. The van der Waals surface area contributed by atoms with Crippen LogP contribution in [0.2, 0.25) is 0 Å². The number of azo groups is 4. The Morgan fingerprint density at radius 1 is 0.434 bits per heavy atom.